The molecule has 0 amide bonds. The van der Waals surface area contributed by atoms with E-state index in [1.807, 2.05) is 55.7 Å². The van der Waals surface area contributed by atoms with Crippen LogP contribution in [0, 0.1) is 17.0 Å². The molecule has 8 nitrogen and oxygen atoms in total. The number of nitrogens with zero attached hydrogens (tertiary/aromatic N) is 4. The zero-order valence-electron chi connectivity index (χ0n) is 17.4. The summed E-state index contributed by atoms with van der Waals surface area (Å²) >= 11 is 4.85. The molecule has 0 aliphatic carbocycles. The zero-order valence-corrected chi connectivity index (χ0v) is 19.9. The van der Waals surface area contributed by atoms with E-state index in [0.29, 0.717) is 40.2 Å². The van der Waals surface area contributed by atoms with E-state index in [1.165, 1.54) is 11.8 Å². The number of hydrogen-bond acceptors (Lipinski definition) is 7. The minimum absolute atomic E-state index is 0.288. The fraction of sp³-hybridized carbons (Fsp3) is 0.333. The molecular weight excluding hydrogens is 484 g/mol. The number of hydrogen-bond donors (Lipinski definition) is 0. The second-order valence-electron chi connectivity index (χ2n) is 6.51. The summed E-state index contributed by atoms with van der Waals surface area (Å²) in [7, 11) is 0. The quantitative estimate of drug-likeness (QED) is 0.210. The van der Waals surface area contributed by atoms with Gasteiger partial charge in [0.1, 0.15) is 11.1 Å². The third kappa shape index (κ3) is 5.56. The predicted octanol–water partition coefficient (Wildman–Crippen LogP) is 5.25. The highest BCUT2D eigenvalue weighted by molar-refractivity contribution is 9.10. The minimum Gasteiger partial charge on any atom is -0.490 e. The molecule has 0 saturated heterocycles. The van der Waals surface area contributed by atoms with Gasteiger partial charge in [-0.05, 0) is 50.6 Å². The molecule has 0 spiro atoms. The maximum atomic E-state index is 11.5. The number of halogens is 1. The molecule has 10 heteroatoms. The average molecular weight is 507 g/mol. The van der Waals surface area contributed by atoms with E-state index in [0.717, 1.165) is 11.3 Å². The highest BCUT2D eigenvalue weighted by Crippen LogP contribution is 2.43. The first kappa shape index (κ1) is 23.1. The van der Waals surface area contributed by atoms with Gasteiger partial charge in [0.05, 0.1) is 13.2 Å². The van der Waals surface area contributed by atoms with Crippen LogP contribution in [0.2, 0.25) is 0 Å². The summed E-state index contributed by atoms with van der Waals surface area (Å²) in [6.07, 6.45) is 0. The molecule has 1 atom stereocenters. The van der Waals surface area contributed by atoms with E-state index in [1.54, 1.807) is 12.1 Å². The lowest BCUT2D eigenvalue weighted by Gasteiger charge is -2.19. The molecule has 3 aromatic rings. The number of benzene rings is 2. The zero-order chi connectivity index (χ0) is 22.4. The number of para-hydroxylation sites is 1. The van der Waals surface area contributed by atoms with Crippen molar-refractivity contribution in [1.29, 1.82) is 0 Å². The molecule has 164 valence electrons. The van der Waals surface area contributed by atoms with Crippen LogP contribution in [0.1, 0.15) is 30.5 Å². The third-order valence-electron chi connectivity index (χ3n) is 4.38. The number of ether oxygens (including phenoxy) is 2. The Bertz CT molecular complexity index is 1050. The van der Waals surface area contributed by atoms with Crippen molar-refractivity contribution in [3.63, 3.8) is 0 Å². The predicted molar refractivity (Wildman–Crippen MR) is 123 cm³/mol. The van der Waals surface area contributed by atoms with Crippen LogP contribution in [0.25, 0.3) is 5.69 Å². The number of aromatic nitrogens is 3. The van der Waals surface area contributed by atoms with E-state index >= 15 is 0 Å². The summed E-state index contributed by atoms with van der Waals surface area (Å²) in [6, 6.07) is 13.3. The fourth-order valence-electron chi connectivity index (χ4n) is 3.09. The Morgan fingerprint density at radius 1 is 1.13 bits per heavy atom. The first-order valence-electron chi connectivity index (χ1n) is 9.79. The molecule has 0 aliphatic rings. The van der Waals surface area contributed by atoms with E-state index in [9.17, 15) is 10.1 Å². The molecule has 1 aromatic heterocycles. The van der Waals surface area contributed by atoms with Crippen LogP contribution in [-0.4, -0.2) is 39.4 Å². The number of thioether (sulfide) groups is 1. The van der Waals surface area contributed by atoms with Crippen LogP contribution in [0.5, 0.6) is 11.5 Å². The van der Waals surface area contributed by atoms with E-state index in [-0.39, 0.29) is 11.5 Å². The Kier molecular flexibility index (Phi) is 7.91. The largest absolute Gasteiger partial charge is 0.490 e. The Hall–Kier alpha value is -2.59. The van der Waals surface area contributed by atoms with Gasteiger partial charge in [-0.1, -0.05) is 45.9 Å². The van der Waals surface area contributed by atoms with Gasteiger partial charge in [-0.2, -0.15) is 0 Å². The van der Waals surface area contributed by atoms with Crippen LogP contribution in [0.15, 0.2) is 52.1 Å². The molecule has 0 saturated carbocycles. The van der Waals surface area contributed by atoms with Crippen LogP contribution in [0.4, 0.5) is 0 Å². The SMILES string of the molecule is CCOc1cc(Br)c([C@@H](C[N+](=O)[O-])Sc2nnc(C)n2-c2ccccc2)cc1OCC. The monoisotopic (exact) mass is 506 g/mol. The first-order valence-corrected chi connectivity index (χ1v) is 11.5. The van der Waals surface area contributed by atoms with Crippen LogP contribution >= 0.6 is 27.7 Å². The highest BCUT2D eigenvalue weighted by atomic mass is 79.9. The van der Waals surface area contributed by atoms with E-state index < -0.39 is 5.25 Å². The van der Waals surface area contributed by atoms with Crippen LogP contribution < -0.4 is 9.47 Å². The molecule has 0 unspecified atom stereocenters. The van der Waals surface area contributed by atoms with Gasteiger partial charge in [-0.3, -0.25) is 14.7 Å². The van der Waals surface area contributed by atoms with Gasteiger partial charge in [0, 0.05) is 15.1 Å². The number of aryl methyl sites for hydroxylation is 1. The summed E-state index contributed by atoms with van der Waals surface area (Å²) in [4.78, 5) is 11.2. The minimum atomic E-state index is -0.523. The smallest absolute Gasteiger partial charge is 0.220 e. The lowest BCUT2D eigenvalue weighted by Crippen LogP contribution is -2.12. The van der Waals surface area contributed by atoms with E-state index in [4.69, 9.17) is 9.47 Å². The van der Waals surface area contributed by atoms with Crippen molar-refractivity contribution in [3.05, 3.63) is 68.4 Å². The molecular formula is C21H23BrN4O4S. The highest BCUT2D eigenvalue weighted by Gasteiger charge is 2.27. The second-order valence-corrected chi connectivity index (χ2v) is 8.53. The summed E-state index contributed by atoms with van der Waals surface area (Å²) in [5, 5.41) is 20.0. The van der Waals surface area contributed by atoms with E-state index in [2.05, 4.69) is 26.1 Å². The maximum absolute atomic E-state index is 11.5. The lowest BCUT2D eigenvalue weighted by atomic mass is 10.1. The van der Waals surface area contributed by atoms with Crippen LogP contribution in [-0.2, 0) is 0 Å². The van der Waals surface area contributed by atoms with Crippen molar-refractivity contribution in [2.45, 2.75) is 31.2 Å². The molecule has 3 rings (SSSR count). The van der Waals surface area contributed by atoms with Gasteiger partial charge < -0.3 is 9.47 Å². The Morgan fingerprint density at radius 3 is 2.39 bits per heavy atom. The Morgan fingerprint density at radius 2 is 1.77 bits per heavy atom. The topological polar surface area (TPSA) is 92.3 Å². The summed E-state index contributed by atoms with van der Waals surface area (Å²) in [5.41, 5.74) is 1.63. The molecule has 0 radical (unpaired) electrons. The molecule has 1 heterocycles. The Labute approximate surface area is 193 Å². The van der Waals surface area contributed by atoms with Crippen molar-refractivity contribution in [2.75, 3.05) is 19.8 Å². The molecule has 0 fully saturated rings. The van der Waals surface area contributed by atoms with Gasteiger partial charge in [0.2, 0.25) is 6.54 Å². The number of rotatable bonds is 10. The normalized spacial score (nSPS) is 11.9. The van der Waals surface area contributed by atoms with Gasteiger partial charge in [-0.25, -0.2) is 0 Å². The van der Waals surface area contributed by atoms with Crippen molar-refractivity contribution < 1.29 is 14.4 Å². The van der Waals surface area contributed by atoms with Gasteiger partial charge >= 0.3 is 0 Å². The lowest BCUT2D eigenvalue weighted by molar-refractivity contribution is -0.479. The van der Waals surface area contributed by atoms with Crippen molar-refractivity contribution in [1.82, 2.24) is 14.8 Å². The van der Waals surface area contributed by atoms with Gasteiger partial charge in [0.15, 0.2) is 16.7 Å². The molecule has 0 aliphatic heterocycles. The molecule has 0 bridgehead atoms. The Balaban J connectivity index is 2.03. The van der Waals surface area contributed by atoms with Gasteiger partial charge in [0.25, 0.3) is 0 Å². The second kappa shape index (κ2) is 10.6. The molecule has 2 aromatic carbocycles. The fourth-order valence-corrected chi connectivity index (χ4v) is 5.04. The van der Waals surface area contributed by atoms with Crippen molar-refractivity contribution >= 4 is 27.7 Å². The summed E-state index contributed by atoms with van der Waals surface area (Å²) < 4.78 is 14.0. The van der Waals surface area contributed by atoms with Crippen LogP contribution in [0.3, 0.4) is 0 Å². The van der Waals surface area contributed by atoms with Crippen molar-refractivity contribution in [2.24, 2.45) is 0 Å². The average Bonchev–Trinajstić information content (AvgIpc) is 3.10. The van der Waals surface area contributed by atoms with Crippen molar-refractivity contribution in [3.8, 4) is 17.2 Å². The standard InChI is InChI=1S/C21H23BrN4O4S/c1-4-29-18-11-16(17(22)12-19(18)30-5-2)20(13-25(27)28)31-21-24-23-14(3)26(21)15-9-7-6-8-10-15/h6-12,20H,4-5,13H2,1-3H3/t20-/m1/s1. The van der Waals surface area contributed by atoms with Gasteiger partial charge in [-0.15, -0.1) is 10.2 Å². The third-order valence-corrected chi connectivity index (χ3v) is 6.23. The summed E-state index contributed by atoms with van der Waals surface area (Å²) in [6.45, 7) is 6.28. The first-order chi connectivity index (χ1) is 14.9. The molecule has 0 N–H and O–H groups in total. The number of nitro groups is 1. The molecule has 31 heavy (non-hydrogen) atoms. The maximum Gasteiger partial charge on any atom is 0.220 e. The summed E-state index contributed by atoms with van der Waals surface area (Å²) in [5.74, 6) is 1.85.